The third-order valence-corrected chi connectivity index (χ3v) is 0.805. The summed E-state index contributed by atoms with van der Waals surface area (Å²) < 4.78 is 0. The molecule has 0 amide bonds. The Balaban J connectivity index is -0.000000168. The molecule has 4 N–H and O–H groups in total. The van der Waals surface area contributed by atoms with Gasteiger partial charge in [-0.1, -0.05) is 0 Å². The van der Waals surface area contributed by atoms with Crippen LogP contribution in [0.1, 0.15) is 20.8 Å². The van der Waals surface area contributed by atoms with Crippen molar-refractivity contribution in [2.45, 2.75) is 32.9 Å². The molecule has 6 nitrogen and oxygen atoms in total. The molecule has 0 saturated heterocycles. The largest absolute Gasteiger partial charge is 0.480 e. The lowest BCUT2D eigenvalue weighted by Gasteiger charge is -2.06. The summed E-state index contributed by atoms with van der Waals surface area (Å²) in [7, 11) is 0. The molecule has 0 radical (unpaired) electrons. The third-order valence-electron chi connectivity index (χ3n) is 0.805. The predicted molar refractivity (Wildman–Crippen MR) is 50.8 cm³/mol. The molecule has 6 heteroatoms. The minimum absolute atomic E-state index is 0.750. The smallest absolute Gasteiger partial charge is 0.323 e. The second kappa shape index (κ2) is 14.3. The summed E-state index contributed by atoms with van der Waals surface area (Å²) in [5.74, 6) is -1.18. The Morgan fingerprint density at radius 3 is 1.50 bits per heavy atom. The van der Waals surface area contributed by atoms with Crippen molar-refractivity contribution in [2.24, 2.45) is 5.73 Å². The topological polar surface area (TPSA) is 118 Å². The zero-order valence-corrected chi connectivity index (χ0v) is 8.51. The summed E-state index contributed by atoms with van der Waals surface area (Å²) >= 11 is 0. The first-order chi connectivity index (χ1) is 6.38. The molecular weight excluding hydrogens is 190 g/mol. The minimum atomic E-state index is -1.18. The summed E-state index contributed by atoms with van der Waals surface area (Å²) in [5.41, 5.74) is 4.91. The number of aldehydes is 2. The molecule has 0 aliphatic heterocycles. The van der Waals surface area contributed by atoms with Crippen LogP contribution in [0.2, 0.25) is 0 Å². The van der Waals surface area contributed by atoms with E-state index in [9.17, 15) is 4.79 Å². The van der Waals surface area contributed by atoms with E-state index < -0.39 is 18.1 Å². The first-order valence-corrected chi connectivity index (χ1v) is 3.84. The molecular formula is C8H17NO5. The maximum atomic E-state index is 9.86. The molecule has 0 spiro atoms. The van der Waals surface area contributed by atoms with E-state index in [1.807, 2.05) is 0 Å². The summed E-state index contributed by atoms with van der Waals surface area (Å²) in [5, 5.41) is 16.6. The van der Waals surface area contributed by atoms with Crippen molar-refractivity contribution in [3.8, 4) is 0 Å². The standard InChI is InChI=1S/C4H9NO3.2C2H4O/c1-2(6)3(5)4(7)8;2*1-2-3/h2-3,6H,5H2,1H3,(H,7,8);2*2H,1H3/t2-,3+;;/m1../s1. The van der Waals surface area contributed by atoms with Crippen molar-refractivity contribution in [1.29, 1.82) is 0 Å². The van der Waals surface area contributed by atoms with Crippen LogP contribution in [0, 0.1) is 0 Å². The molecule has 2 atom stereocenters. The Hall–Kier alpha value is -1.27. The van der Waals surface area contributed by atoms with Gasteiger partial charge < -0.3 is 25.5 Å². The molecule has 0 aromatic heterocycles. The van der Waals surface area contributed by atoms with Gasteiger partial charge in [0.15, 0.2) is 0 Å². The molecule has 0 aliphatic carbocycles. The Morgan fingerprint density at radius 1 is 1.29 bits per heavy atom. The van der Waals surface area contributed by atoms with E-state index in [0.29, 0.717) is 0 Å². The number of hydrogen-bond acceptors (Lipinski definition) is 5. The molecule has 0 fully saturated rings. The van der Waals surface area contributed by atoms with Gasteiger partial charge in [-0.05, 0) is 20.8 Å². The van der Waals surface area contributed by atoms with Crippen LogP contribution in [0.5, 0.6) is 0 Å². The zero-order chi connectivity index (χ0) is 12.1. The fourth-order valence-corrected chi connectivity index (χ4v) is 0.206. The molecule has 0 aromatic rings. The van der Waals surface area contributed by atoms with Crippen LogP contribution < -0.4 is 5.73 Å². The molecule has 14 heavy (non-hydrogen) atoms. The SMILES string of the molecule is CC=O.CC=O.C[C@@H](O)[C@H](N)C(=O)O. The van der Waals surface area contributed by atoms with Gasteiger partial charge in [0.05, 0.1) is 6.10 Å². The van der Waals surface area contributed by atoms with Gasteiger partial charge in [0.25, 0.3) is 0 Å². The van der Waals surface area contributed by atoms with Gasteiger partial charge in [0.2, 0.25) is 0 Å². The highest BCUT2D eigenvalue weighted by Gasteiger charge is 2.16. The maximum Gasteiger partial charge on any atom is 0.323 e. The van der Waals surface area contributed by atoms with Gasteiger partial charge in [-0.15, -0.1) is 0 Å². The molecule has 0 saturated carbocycles. The summed E-state index contributed by atoms with van der Waals surface area (Å²) in [6.45, 7) is 4.22. The van der Waals surface area contributed by atoms with Gasteiger partial charge in [-0.2, -0.15) is 0 Å². The lowest BCUT2D eigenvalue weighted by Crippen LogP contribution is -2.39. The third kappa shape index (κ3) is 22.4. The Labute approximate surface area is 82.7 Å². The lowest BCUT2D eigenvalue weighted by atomic mass is 10.2. The van der Waals surface area contributed by atoms with E-state index in [1.54, 1.807) is 0 Å². The highest BCUT2D eigenvalue weighted by atomic mass is 16.4. The van der Waals surface area contributed by atoms with E-state index in [0.717, 1.165) is 12.6 Å². The minimum Gasteiger partial charge on any atom is -0.480 e. The number of carboxylic acid groups (broad SMARTS) is 1. The van der Waals surface area contributed by atoms with Crippen molar-refractivity contribution < 1.29 is 24.6 Å². The number of carbonyl (C=O) groups excluding carboxylic acids is 2. The average molecular weight is 207 g/mol. The molecule has 0 bridgehead atoms. The van der Waals surface area contributed by atoms with Gasteiger partial charge in [0.1, 0.15) is 18.6 Å². The monoisotopic (exact) mass is 207 g/mol. The molecule has 0 rings (SSSR count). The number of aliphatic hydroxyl groups is 1. The second-order valence-corrected chi connectivity index (χ2v) is 2.08. The highest BCUT2D eigenvalue weighted by Crippen LogP contribution is 1.85. The fourth-order valence-electron chi connectivity index (χ4n) is 0.206. The number of aliphatic carboxylic acids is 1. The second-order valence-electron chi connectivity index (χ2n) is 2.08. The number of hydrogen-bond donors (Lipinski definition) is 3. The average Bonchev–Trinajstić information content (AvgIpc) is 2.05. The number of aliphatic hydroxyl groups excluding tert-OH is 1. The van der Waals surface area contributed by atoms with Gasteiger partial charge >= 0.3 is 5.97 Å². The van der Waals surface area contributed by atoms with Crippen LogP contribution in [0.4, 0.5) is 0 Å². The fraction of sp³-hybridized carbons (Fsp3) is 0.625. The maximum absolute atomic E-state index is 9.86. The number of rotatable bonds is 2. The Morgan fingerprint density at radius 2 is 1.50 bits per heavy atom. The lowest BCUT2D eigenvalue weighted by molar-refractivity contribution is -0.140. The normalized spacial score (nSPS) is 11.8. The molecule has 0 aromatic carbocycles. The van der Waals surface area contributed by atoms with Crippen LogP contribution in [-0.4, -0.2) is 40.9 Å². The first-order valence-electron chi connectivity index (χ1n) is 3.84. The molecule has 0 aliphatic rings. The quantitative estimate of drug-likeness (QED) is 0.510. The molecule has 0 heterocycles. The summed E-state index contributed by atoms with van der Waals surface area (Å²) in [4.78, 5) is 27.5. The van der Waals surface area contributed by atoms with Crippen molar-refractivity contribution in [3.05, 3.63) is 0 Å². The number of nitrogens with two attached hydrogens (primary N) is 1. The van der Waals surface area contributed by atoms with E-state index in [4.69, 9.17) is 25.5 Å². The van der Waals surface area contributed by atoms with Crippen molar-refractivity contribution in [3.63, 3.8) is 0 Å². The molecule has 84 valence electrons. The summed E-state index contributed by atoms with van der Waals surface area (Å²) in [6.07, 6.45) is 0.521. The predicted octanol–water partition coefficient (Wildman–Crippen LogP) is -0.810. The first kappa shape index (κ1) is 18.5. The highest BCUT2D eigenvalue weighted by molar-refractivity contribution is 5.73. The van der Waals surface area contributed by atoms with Crippen molar-refractivity contribution in [2.75, 3.05) is 0 Å². The van der Waals surface area contributed by atoms with E-state index in [2.05, 4.69) is 0 Å². The van der Waals surface area contributed by atoms with Crippen LogP contribution >= 0.6 is 0 Å². The molecule has 0 unspecified atom stereocenters. The van der Waals surface area contributed by atoms with Crippen LogP contribution in [-0.2, 0) is 14.4 Å². The van der Waals surface area contributed by atoms with Crippen molar-refractivity contribution in [1.82, 2.24) is 0 Å². The van der Waals surface area contributed by atoms with E-state index in [-0.39, 0.29) is 0 Å². The van der Waals surface area contributed by atoms with Crippen LogP contribution in [0.15, 0.2) is 0 Å². The Bertz CT molecular complexity index is 152. The van der Waals surface area contributed by atoms with Gasteiger partial charge in [0, 0.05) is 0 Å². The van der Waals surface area contributed by atoms with Crippen LogP contribution in [0.25, 0.3) is 0 Å². The Kier molecular flexibility index (Phi) is 18.9. The van der Waals surface area contributed by atoms with Gasteiger partial charge in [-0.25, -0.2) is 0 Å². The van der Waals surface area contributed by atoms with E-state index >= 15 is 0 Å². The van der Waals surface area contributed by atoms with Gasteiger partial charge in [-0.3, -0.25) is 4.79 Å². The zero-order valence-electron chi connectivity index (χ0n) is 8.51. The van der Waals surface area contributed by atoms with Crippen LogP contribution in [0.3, 0.4) is 0 Å². The number of carbonyl (C=O) groups is 3. The number of carboxylic acids is 1. The van der Waals surface area contributed by atoms with Crippen molar-refractivity contribution >= 4 is 18.5 Å². The van der Waals surface area contributed by atoms with E-state index in [1.165, 1.54) is 20.8 Å². The summed E-state index contributed by atoms with van der Waals surface area (Å²) in [6, 6.07) is -1.16.